The summed E-state index contributed by atoms with van der Waals surface area (Å²) < 4.78 is 0. The zero-order chi connectivity index (χ0) is 22.2. The topological polar surface area (TPSA) is 88.9 Å². The predicted octanol–water partition coefficient (Wildman–Crippen LogP) is 2.62. The van der Waals surface area contributed by atoms with Gasteiger partial charge in [0.15, 0.2) is 0 Å². The highest BCUT2D eigenvalue weighted by Crippen LogP contribution is 2.31. The van der Waals surface area contributed by atoms with Crippen LogP contribution < -0.4 is 10.2 Å². The Hall–Kier alpha value is -3.48. The monoisotopic (exact) mass is 419 g/mol. The minimum Gasteiger partial charge on any atom is -0.367 e. The zero-order valence-corrected chi connectivity index (χ0v) is 18.1. The molecule has 1 fully saturated rings. The number of amides is 2. The van der Waals surface area contributed by atoms with Crippen molar-refractivity contribution in [3.05, 3.63) is 54.6 Å². The normalized spacial score (nSPS) is 14.3. The second-order valence-electron chi connectivity index (χ2n) is 7.55. The first-order valence-corrected chi connectivity index (χ1v) is 10.4. The first-order chi connectivity index (χ1) is 15.0. The fourth-order valence-electron chi connectivity index (χ4n) is 3.60. The number of hydrogen-bond donors (Lipinski definition) is 2. The number of hydrogen-bond acceptors (Lipinski definition) is 5. The van der Waals surface area contributed by atoms with E-state index in [1.54, 1.807) is 18.9 Å². The third-order valence-electron chi connectivity index (χ3n) is 5.45. The predicted molar refractivity (Wildman–Crippen MR) is 125 cm³/mol. The molecule has 1 aliphatic rings. The van der Waals surface area contributed by atoms with E-state index in [9.17, 15) is 9.59 Å². The number of anilines is 1. The van der Waals surface area contributed by atoms with Crippen LogP contribution in [-0.4, -0.2) is 67.9 Å². The molecule has 2 aromatic carbocycles. The summed E-state index contributed by atoms with van der Waals surface area (Å²) in [5.41, 5.74) is 4.14. The molecule has 3 rings (SSSR count). The number of benzene rings is 2. The summed E-state index contributed by atoms with van der Waals surface area (Å²) in [6.45, 7) is 4.32. The highest BCUT2D eigenvalue weighted by molar-refractivity contribution is 6.41. The molecule has 0 aliphatic carbocycles. The van der Waals surface area contributed by atoms with Crippen LogP contribution in [0.1, 0.15) is 13.3 Å². The second kappa shape index (κ2) is 10.5. The molecule has 7 nitrogen and oxygen atoms in total. The van der Waals surface area contributed by atoms with Crippen molar-refractivity contribution in [1.29, 1.82) is 5.41 Å². The quantitative estimate of drug-likeness (QED) is 0.676. The van der Waals surface area contributed by atoms with Crippen LogP contribution in [0.2, 0.25) is 0 Å². The fraction of sp³-hybridized carbons (Fsp3) is 0.333. The van der Waals surface area contributed by atoms with Crippen molar-refractivity contribution < 1.29 is 9.59 Å². The van der Waals surface area contributed by atoms with E-state index >= 15 is 0 Å². The SMILES string of the molecule is CN=C(C)CC(=N)C(=O)NCC(=O)N1CCN(c2ccccc2-c2ccccc2)CC1. The molecular weight excluding hydrogens is 390 g/mol. The van der Waals surface area contributed by atoms with Gasteiger partial charge in [-0.25, -0.2) is 0 Å². The number of carbonyl (C=O) groups excluding carboxylic acids is 2. The minimum absolute atomic E-state index is 0.0850. The third-order valence-corrected chi connectivity index (χ3v) is 5.45. The highest BCUT2D eigenvalue weighted by Gasteiger charge is 2.23. The molecule has 0 radical (unpaired) electrons. The van der Waals surface area contributed by atoms with Gasteiger partial charge in [0.05, 0.1) is 6.54 Å². The highest BCUT2D eigenvalue weighted by atomic mass is 16.2. The third kappa shape index (κ3) is 5.78. The van der Waals surface area contributed by atoms with Crippen LogP contribution in [0.4, 0.5) is 5.69 Å². The molecule has 2 N–H and O–H groups in total. The molecule has 2 aromatic rings. The summed E-state index contributed by atoms with van der Waals surface area (Å²) in [4.78, 5) is 32.6. The standard InChI is InChI=1S/C24H29N5O2/c1-18(26-2)16-21(25)24(31)27-17-23(30)29-14-12-28(13-15-29)22-11-7-6-10-20(22)19-8-4-3-5-9-19/h3-11,25H,12-17H2,1-2H3,(H,27,31). The number of nitrogens with zero attached hydrogens (tertiary/aromatic N) is 3. The summed E-state index contributed by atoms with van der Waals surface area (Å²) in [5.74, 6) is -0.648. The lowest BCUT2D eigenvalue weighted by Crippen LogP contribution is -2.51. The molecule has 31 heavy (non-hydrogen) atoms. The van der Waals surface area contributed by atoms with Gasteiger partial charge in [-0.3, -0.25) is 20.0 Å². The van der Waals surface area contributed by atoms with Crippen molar-refractivity contribution in [3.8, 4) is 11.1 Å². The molecule has 7 heteroatoms. The van der Waals surface area contributed by atoms with E-state index in [1.807, 2.05) is 30.3 Å². The zero-order valence-electron chi connectivity index (χ0n) is 18.1. The first kappa shape index (κ1) is 22.2. The number of rotatable bonds is 7. The van der Waals surface area contributed by atoms with E-state index in [2.05, 4.69) is 39.5 Å². The summed E-state index contributed by atoms with van der Waals surface area (Å²) in [6, 6.07) is 18.6. The summed E-state index contributed by atoms with van der Waals surface area (Å²) >= 11 is 0. The molecule has 162 valence electrons. The van der Waals surface area contributed by atoms with Crippen molar-refractivity contribution in [2.24, 2.45) is 4.99 Å². The van der Waals surface area contributed by atoms with Crippen molar-refractivity contribution >= 4 is 28.9 Å². The fourth-order valence-corrected chi connectivity index (χ4v) is 3.60. The Kier molecular flexibility index (Phi) is 7.54. The molecule has 0 spiro atoms. The Morgan fingerprint density at radius 1 is 1.00 bits per heavy atom. The van der Waals surface area contributed by atoms with Gasteiger partial charge in [-0.2, -0.15) is 0 Å². The van der Waals surface area contributed by atoms with E-state index in [4.69, 9.17) is 5.41 Å². The van der Waals surface area contributed by atoms with Gasteiger partial charge in [-0.15, -0.1) is 0 Å². The maximum absolute atomic E-state index is 12.5. The Balaban J connectivity index is 1.54. The van der Waals surface area contributed by atoms with Gasteiger partial charge in [0.1, 0.15) is 5.71 Å². The van der Waals surface area contributed by atoms with Crippen LogP contribution in [0.15, 0.2) is 59.6 Å². The molecule has 0 saturated carbocycles. The van der Waals surface area contributed by atoms with Gasteiger partial charge in [0.2, 0.25) is 5.91 Å². The van der Waals surface area contributed by atoms with E-state index < -0.39 is 5.91 Å². The number of nitrogens with one attached hydrogen (secondary N) is 2. The second-order valence-corrected chi connectivity index (χ2v) is 7.55. The molecule has 0 unspecified atom stereocenters. The molecule has 1 saturated heterocycles. The van der Waals surface area contributed by atoms with Crippen LogP contribution in [0.3, 0.4) is 0 Å². The Labute approximate surface area is 183 Å². The average Bonchev–Trinajstić information content (AvgIpc) is 2.82. The number of para-hydroxylation sites is 1. The number of piperazine rings is 1. The van der Waals surface area contributed by atoms with Gasteiger partial charge >= 0.3 is 0 Å². The molecule has 0 bridgehead atoms. The average molecular weight is 420 g/mol. The van der Waals surface area contributed by atoms with Crippen LogP contribution >= 0.6 is 0 Å². The van der Waals surface area contributed by atoms with Crippen LogP contribution in [0.5, 0.6) is 0 Å². The lowest BCUT2D eigenvalue weighted by molar-refractivity contribution is -0.132. The number of carbonyl (C=O) groups is 2. The Morgan fingerprint density at radius 2 is 1.65 bits per heavy atom. The van der Waals surface area contributed by atoms with Crippen LogP contribution in [0.25, 0.3) is 11.1 Å². The van der Waals surface area contributed by atoms with Gasteiger partial charge in [0, 0.05) is 56.6 Å². The van der Waals surface area contributed by atoms with Crippen molar-refractivity contribution in [1.82, 2.24) is 10.2 Å². The van der Waals surface area contributed by atoms with E-state index in [0.717, 1.165) is 18.8 Å². The van der Waals surface area contributed by atoms with Crippen molar-refractivity contribution in [2.45, 2.75) is 13.3 Å². The smallest absolute Gasteiger partial charge is 0.265 e. The van der Waals surface area contributed by atoms with Gasteiger partial charge in [-0.1, -0.05) is 48.5 Å². The largest absolute Gasteiger partial charge is 0.367 e. The summed E-state index contributed by atoms with van der Waals surface area (Å²) in [6.07, 6.45) is 0.190. The lowest BCUT2D eigenvalue weighted by Gasteiger charge is -2.37. The first-order valence-electron chi connectivity index (χ1n) is 10.4. The Bertz CT molecular complexity index is 963. The van der Waals surface area contributed by atoms with E-state index in [1.165, 1.54) is 11.1 Å². The maximum atomic E-state index is 12.5. The summed E-state index contributed by atoms with van der Waals surface area (Å²) in [5, 5.41) is 10.4. The van der Waals surface area contributed by atoms with E-state index in [0.29, 0.717) is 18.8 Å². The lowest BCUT2D eigenvalue weighted by atomic mass is 10.0. The molecule has 1 heterocycles. The molecule has 2 amide bonds. The number of aliphatic imine (C=N–C) groups is 1. The minimum atomic E-state index is -0.522. The van der Waals surface area contributed by atoms with Gasteiger partial charge < -0.3 is 15.1 Å². The van der Waals surface area contributed by atoms with E-state index in [-0.39, 0.29) is 24.6 Å². The van der Waals surface area contributed by atoms with Crippen molar-refractivity contribution in [3.63, 3.8) is 0 Å². The summed E-state index contributed by atoms with van der Waals surface area (Å²) in [7, 11) is 1.63. The molecule has 1 aliphatic heterocycles. The molecule has 0 atom stereocenters. The Morgan fingerprint density at radius 3 is 2.32 bits per heavy atom. The molecule has 0 aromatic heterocycles. The maximum Gasteiger partial charge on any atom is 0.265 e. The van der Waals surface area contributed by atoms with Gasteiger partial charge in [0.25, 0.3) is 5.91 Å². The molecular formula is C24H29N5O2. The van der Waals surface area contributed by atoms with Gasteiger partial charge in [-0.05, 0) is 18.6 Å². The van der Waals surface area contributed by atoms with Crippen molar-refractivity contribution in [2.75, 3.05) is 44.7 Å². The van der Waals surface area contributed by atoms with Crippen LogP contribution in [0, 0.1) is 5.41 Å². The van der Waals surface area contributed by atoms with Crippen LogP contribution in [-0.2, 0) is 9.59 Å².